The quantitative estimate of drug-likeness (QED) is 0.380. The first-order valence-electron chi connectivity index (χ1n) is 3.46. The average molecular weight is 161 g/mol. The first-order chi connectivity index (χ1) is 5.84. The first kappa shape index (κ1) is 8.37. The fourth-order valence-electron chi connectivity index (χ4n) is 0.819. The molecule has 0 unspecified atom stereocenters. The van der Waals surface area contributed by atoms with Crippen molar-refractivity contribution in [3.05, 3.63) is 35.9 Å². The van der Waals surface area contributed by atoms with Crippen molar-refractivity contribution in [2.75, 3.05) is 6.54 Å². The molecule has 0 heterocycles. The molecule has 3 heteroatoms. The molecule has 0 aliphatic carbocycles. The van der Waals surface area contributed by atoms with Gasteiger partial charge in [0.05, 0.1) is 0 Å². The van der Waals surface area contributed by atoms with Crippen molar-refractivity contribution in [2.24, 2.45) is 4.99 Å². The second-order valence-electron chi connectivity index (χ2n) is 2.20. The summed E-state index contributed by atoms with van der Waals surface area (Å²) in [5, 5.41) is 0. The Morgan fingerprint density at radius 1 is 1.33 bits per heavy atom. The summed E-state index contributed by atoms with van der Waals surface area (Å²) < 4.78 is 0. The third-order valence-corrected chi connectivity index (χ3v) is 1.38. The molecule has 3 nitrogen and oxygen atoms in total. The third-order valence-electron chi connectivity index (χ3n) is 1.38. The van der Waals surface area contributed by atoms with E-state index in [0.29, 0.717) is 5.56 Å². The zero-order valence-electron chi connectivity index (χ0n) is 6.36. The second kappa shape index (κ2) is 4.21. The number of ketones is 1. The molecule has 0 spiro atoms. The monoisotopic (exact) mass is 161 g/mol. The Labute approximate surface area is 69.7 Å². The third kappa shape index (κ3) is 2.15. The van der Waals surface area contributed by atoms with Crippen LogP contribution in [0.5, 0.6) is 0 Å². The number of benzene rings is 1. The highest BCUT2D eigenvalue weighted by atomic mass is 16.1. The highest BCUT2D eigenvalue weighted by molar-refractivity contribution is 5.97. The molecule has 1 aromatic rings. The van der Waals surface area contributed by atoms with Crippen LogP contribution in [-0.2, 0) is 4.79 Å². The van der Waals surface area contributed by atoms with Gasteiger partial charge in [-0.3, -0.25) is 4.79 Å². The lowest BCUT2D eigenvalue weighted by Crippen LogP contribution is -2.02. The Morgan fingerprint density at radius 2 is 2.00 bits per heavy atom. The van der Waals surface area contributed by atoms with Crippen molar-refractivity contribution >= 4 is 11.9 Å². The van der Waals surface area contributed by atoms with E-state index in [1.807, 2.05) is 6.07 Å². The van der Waals surface area contributed by atoms with Gasteiger partial charge in [0.25, 0.3) is 0 Å². The molecule has 0 saturated heterocycles. The van der Waals surface area contributed by atoms with Gasteiger partial charge in [-0.25, -0.2) is 4.79 Å². The Bertz CT molecular complexity index is 313. The Balaban J connectivity index is 2.72. The standard InChI is InChI=1S/C9H7NO2/c11-7-10-6-9(12)8-4-2-1-3-5-8/h1-5H,6H2. The molecule has 1 rings (SSSR count). The summed E-state index contributed by atoms with van der Waals surface area (Å²) >= 11 is 0. The number of nitrogens with zero attached hydrogens (tertiary/aromatic N) is 1. The summed E-state index contributed by atoms with van der Waals surface area (Å²) in [6, 6.07) is 8.71. The van der Waals surface area contributed by atoms with Crippen molar-refractivity contribution in [3.8, 4) is 0 Å². The van der Waals surface area contributed by atoms with E-state index in [4.69, 9.17) is 0 Å². The molecular weight excluding hydrogens is 154 g/mol. The van der Waals surface area contributed by atoms with E-state index < -0.39 is 0 Å². The molecule has 0 N–H and O–H groups in total. The molecule has 0 aliphatic heterocycles. The predicted octanol–water partition coefficient (Wildman–Crippen LogP) is 1.21. The van der Waals surface area contributed by atoms with Crippen LogP contribution in [-0.4, -0.2) is 18.4 Å². The average Bonchev–Trinajstić information content (AvgIpc) is 2.15. The number of isocyanates is 1. The van der Waals surface area contributed by atoms with Crippen molar-refractivity contribution in [2.45, 2.75) is 0 Å². The molecule has 0 radical (unpaired) electrons. The van der Waals surface area contributed by atoms with Crippen LogP contribution in [0, 0.1) is 0 Å². The van der Waals surface area contributed by atoms with E-state index in [2.05, 4.69) is 4.99 Å². The highest BCUT2D eigenvalue weighted by Gasteiger charge is 2.01. The van der Waals surface area contributed by atoms with Gasteiger partial charge >= 0.3 is 0 Å². The van der Waals surface area contributed by atoms with E-state index >= 15 is 0 Å². The number of hydrogen-bond donors (Lipinski definition) is 0. The summed E-state index contributed by atoms with van der Waals surface area (Å²) in [5.41, 5.74) is 0.566. The second-order valence-corrected chi connectivity index (χ2v) is 2.20. The van der Waals surface area contributed by atoms with Crippen LogP contribution in [0.15, 0.2) is 35.3 Å². The zero-order chi connectivity index (χ0) is 8.81. The summed E-state index contributed by atoms with van der Waals surface area (Å²) in [5.74, 6) is -0.168. The Hall–Kier alpha value is -1.73. The van der Waals surface area contributed by atoms with Gasteiger partial charge in [0.1, 0.15) is 6.54 Å². The van der Waals surface area contributed by atoms with Gasteiger partial charge < -0.3 is 0 Å². The Morgan fingerprint density at radius 3 is 2.58 bits per heavy atom. The van der Waals surface area contributed by atoms with E-state index in [1.54, 1.807) is 24.3 Å². The number of carbonyl (C=O) groups excluding carboxylic acids is 2. The lowest BCUT2D eigenvalue weighted by atomic mass is 10.1. The van der Waals surface area contributed by atoms with Crippen LogP contribution in [0.4, 0.5) is 0 Å². The number of hydrogen-bond acceptors (Lipinski definition) is 3. The topological polar surface area (TPSA) is 46.5 Å². The van der Waals surface area contributed by atoms with Crippen LogP contribution >= 0.6 is 0 Å². The molecule has 0 aromatic heterocycles. The first-order valence-corrected chi connectivity index (χ1v) is 3.46. The molecule has 0 saturated carbocycles. The van der Waals surface area contributed by atoms with Crippen LogP contribution in [0.2, 0.25) is 0 Å². The van der Waals surface area contributed by atoms with Gasteiger partial charge in [0.2, 0.25) is 6.08 Å². The van der Waals surface area contributed by atoms with Crippen LogP contribution in [0.3, 0.4) is 0 Å². The lowest BCUT2D eigenvalue weighted by molar-refractivity contribution is 0.100. The lowest BCUT2D eigenvalue weighted by Gasteiger charge is -1.93. The van der Waals surface area contributed by atoms with Crippen LogP contribution in [0.1, 0.15) is 10.4 Å². The van der Waals surface area contributed by atoms with Crippen molar-refractivity contribution < 1.29 is 9.59 Å². The van der Waals surface area contributed by atoms with E-state index in [1.165, 1.54) is 6.08 Å². The molecular formula is C9H7NO2. The largest absolute Gasteiger partial charge is 0.292 e. The molecule has 12 heavy (non-hydrogen) atoms. The summed E-state index contributed by atoms with van der Waals surface area (Å²) in [4.78, 5) is 24.0. The maximum atomic E-state index is 11.1. The summed E-state index contributed by atoms with van der Waals surface area (Å²) in [6.45, 7) is -0.118. The predicted molar refractivity (Wildman–Crippen MR) is 43.8 cm³/mol. The molecule has 1 aromatic carbocycles. The summed E-state index contributed by atoms with van der Waals surface area (Å²) in [7, 11) is 0. The van der Waals surface area contributed by atoms with Gasteiger partial charge in [0, 0.05) is 5.56 Å². The smallest absolute Gasteiger partial charge is 0.235 e. The maximum Gasteiger partial charge on any atom is 0.235 e. The van der Waals surface area contributed by atoms with Crippen molar-refractivity contribution in [1.29, 1.82) is 0 Å². The van der Waals surface area contributed by atoms with Crippen LogP contribution in [0.25, 0.3) is 0 Å². The van der Waals surface area contributed by atoms with E-state index in [-0.39, 0.29) is 12.3 Å². The van der Waals surface area contributed by atoms with Gasteiger partial charge in [-0.2, -0.15) is 4.99 Å². The van der Waals surface area contributed by atoms with E-state index in [0.717, 1.165) is 0 Å². The molecule has 0 atom stereocenters. The maximum absolute atomic E-state index is 11.1. The minimum absolute atomic E-state index is 0.118. The number of rotatable bonds is 3. The minimum atomic E-state index is -0.168. The van der Waals surface area contributed by atoms with Crippen molar-refractivity contribution in [3.63, 3.8) is 0 Å². The number of carbonyl (C=O) groups is 1. The fourth-order valence-corrected chi connectivity index (χ4v) is 0.819. The fraction of sp³-hybridized carbons (Fsp3) is 0.111. The molecule has 0 aliphatic rings. The normalized spacial score (nSPS) is 8.67. The van der Waals surface area contributed by atoms with E-state index in [9.17, 15) is 9.59 Å². The molecule has 60 valence electrons. The zero-order valence-corrected chi connectivity index (χ0v) is 6.36. The van der Waals surface area contributed by atoms with Gasteiger partial charge in [-0.15, -0.1) is 0 Å². The molecule has 0 bridgehead atoms. The molecule has 0 fully saturated rings. The minimum Gasteiger partial charge on any atom is -0.292 e. The number of Topliss-reactive ketones (excluding diaryl/α,β-unsaturated/α-hetero) is 1. The molecule has 0 amide bonds. The Kier molecular flexibility index (Phi) is 2.94. The SMILES string of the molecule is O=C=NCC(=O)c1ccccc1. The van der Waals surface area contributed by atoms with Gasteiger partial charge in [-0.1, -0.05) is 30.3 Å². The van der Waals surface area contributed by atoms with Crippen molar-refractivity contribution in [1.82, 2.24) is 0 Å². The summed E-state index contributed by atoms with van der Waals surface area (Å²) in [6.07, 6.45) is 1.32. The highest BCUT2D eigenvalue weighted by Crippen LogP contribution is 1.99. The van der Waals surface area contributed by atoms with Crippen LogP contribution < -0.4 is 0 Å². The van der Waals surface area contributed by atoms with Gasteiger partial charge in [0.15, 0.2) is 5.78 Å². The number of aliphatic imine (C=N–C) groups is 1. The van der Waals surface area contributed by atoms with Gasteiger partial charge in [-0.05, 0) is 0 Å².